The molecule has 6 heteroatoms. The smallest absolute Gasteiger partial charge is 0.191 e. The summed E-state index contributed by atoms with van der Waals surface area (Å²) in [5.41, 5.74) is 1.24. The standard InChI is InChI=1S/C18H28N4S2/c1-5-15-14(4)24-17(22-15)9-10-20-18(19-6-2)21-12-13(3)16-8-7-11-23-16/h7-8,11,13H,5-6,9-10,12H2,1-4H3,(H2,19,20,21). The second-order valence-electron chi connectivity index (χ2n) is 5.78. The van der Waals surface area contributed by atoms with Crippen LogP contribution < -0.4 is 10.6 Å². The highest BCUT2D eigenvalue weighted by Crippen LogP contribution is 2.20. The number of aryl methyl sites for hydroxylation is 2. The van der Waals surface area contributed by atoms with Crippen LogP contribution in [-0.4, -0.2) is 30.6 Å². The van der Waals surface area contributed by atoms with E-state index in [9.17, 15) is 0 Å². The number of guanidine groups is 1. The first kappa shape index (κ1) is 18.9. The number of rotatable bonds is 8. The van der Waals surface area contributed by atoms with Crippen LogP contribution in [0, 0.1) is 6.92 Å². The van der Waals surface area contributed by atoms with E-state index < -0.39 is 0 Å². The van der Waals surface area contributed by atoms with Crippen molar-refractivity contribution in [2.45, 2.75) is 46.5 Å². The number of hydrogen-bond donors (Lipinski definition) is 2. The van der Waals surface area contributed by atoms with Gasteiger partial charge in [0, 0.05) is 35.2 Å². The summed E-state index contributed by atoms with van der Waals surface area (Å²) in [5, 5.41) is 10.1. The zero-order chi connectivity index (χ0) is 17.4. The maximum atomic E-state index is 4.72. The Hall–Kier alpha value is -1.40. The van der Waals surface area contributed by atoms with Crippen LogP contribution >= 0.6 is 22.7 Å². The average Bonchev–Trinajstić information content (AvgIpc) is 3.22. The molecule has 1 unspecified atom stereocenters. The second-order valence-corrected chi connectivity index (χ2v) is 8.04. The summed E-state index contributed by atoms with van der Waals surface area (Å²) in [5.74, 6) is 1.35. The van der Waals surface area contributed by atoms with Crippen molar-refractivity contribution in [2.24, 2.45) is 4.99 Å². The molecule has 0 aliphatic rings. The number of nitrogens with one attached hydrogen (secondary N) is 2. The maximum absolute atomic E-state index is 4.72. The average molecular weight is 365 g/mol. The lowest BCUT2D eigenvalue weighted by Crippen LogP contribution is -2.38. The lowest BCUT2D eigenvalue weighted by Gasteiger charge is -2.12. The topological polar surface area (TPSA) is 49.3 Å². The third kappa shape index (κ3) is 5.60. The van der Waals surface area contributed by atoms with Gasteiger partial charge < -0.3 is 10.6 Å². The molecule has 2 aromatic heterocycles. The Morgan fingerprint density at radius 2 is 2.17 bits per heavy atom. The summed E-state index contributed by atoms with van der Waals surface area (Å²) in [7, 11) is 0. The van der Waals surface area contributed by atoms with Crippen molar-refractivity contribution >= 4 is 28.6 Å². The van der Waals surface area contributed by atoms with Gasteiger partial charge in [-0.25, -0.2) is 4.98 Å². The molecule has 0 saturated carbocycles. The minimum Gasteiger partial charge on any atom is -0.357 e. The number of thiophene rings is 1. The van der Waals surface area contributed by atoms with Crippen LogP contribution in [0.25, 0.3) is 0 Å². The van der Waals surface area contributed by atoms with E-state index >= 15 is 0 Å². The molecule has 0 bridgehead atoms. The molecule has 0 radical (unpaired) electrons. The molecular weight excluding hydrogens is 336 g/mol. The third-order valence-corrected chi connectivity index (χ3v) is 5.98. The van der Waals surface area contributed by atoms with Crippen molar-refractivity contribution < 1.29 is 0 Å². The number of hydrogen-bond acceptors (Lipinski definition) is 4. The molecule has 0 spiro atoms. The Bertz CT molecular complexity index is 631. The van der Waals surface area contributed by atoms with E-state index in [0.29, 0.717) is 5.92 Å². The Labute approximate surface area is 153 Å². The van der Waals surface area contributed by atoms with Crippen LogP contribution in [0.4, 0.5) is 0 Å². The molecule has 0 aliphatic heterocycles. The van der Waals surface area contributed by atoms with Gasteiger partial charge in [-0.3, -0.25) is 4.99 Å². The fourth-order valence-corrected chi connectivity index (χ4v) is 4.24. The maximum Gasteiger partial charge on any atom is 0.191 e. The molecule has 0 aromatic carbocycles. The van der Waals surface area contributed by atoms with E-state index in [0.717, 1.165) is 38.4 Å². The Balaban J connectivity index is 1.84. The van der Waals surface area contributed by atoms with Crippen LogP contribution in [0.1, 0.15) is 47.1 Å². The van der Waals surface area contributed by atoms with Crippen LogP contribution in [0.2, 0.25) is 0 Å². The van der Waals surface area contributed by atoms with Crippen molar-refractivity contribution in [1.29, 1.82) is 0 Å². The summed E-state index contributed by atoms with van der Waals surface area (Å²) in [6.45, 7) is 11.2. The Kier molecular flexibility index (Phi) is 7.72. The summed E-state index contributed by atoms with van der Waals surface area (Å²) >= 11 is 3.61. The highest BCUT2D eigenvalue weighted by molar-refractivity contribution is 7.11. The minimum absolute atomic E-state index is 0.453. The lowest BCUT2D eigenvalue weighted by molar-refractivity contribution is 0.753. The van der Waals surface area contributed by atoms with E-state index in [4.69, 9.17) is 9.98 Å². The van der Waals surface area contributed by atoms with Gasteiger partial charge >= 0.3 is 0 Å². The molecule has 1 atom stereocenters. The largest absolute Gasteiger partial charge is 0.357 e. The van der Waals surface area contributed by atoms with Gasteiger partial charge in [-0.05, 0) is 31.7 Å². The van der Waals surface area contributed by atoms with Gasteiger partial charge in [0.05, 0.1) is 17.2 Å². The molecule has 24 heavy (non-hydrogen) atoms. The zero-order valence-electron chi connectivity index (χ0n) is 15.1. The number of thiazole rings is 1. The van der Waals surface area contributed by atoms with Gasteiger partial charge in [-0.15, -0.1) is 22.7 Å². The zero-order valence-corrected chi connectivity index (χ0v) is 16.7. The fraction of sp³-hybridized carbons (Fsp3) is 0.556. The molecule has 0 aliphatic carbocycles. The van der Waals surface area contributed by atoms with Crippen molar-refractivity contribution in [3.8, 4) is 0 Å². The van der Waals surface area contributed by atoms with Gasteiger partial charge in [0.15, 0.2) is 5.96 Å². The van der Waals surface area contributed by atoms with Crippen molar-refractivity contribution in [2.75, 3.05) is 19.6 Å². The van der Waals surface area contributed by atoms with Gasteiger partial charge in [-0.1, -0.05) is 19.9 Å². The molecule has 2 aromatic rings. The van der Waals surface area contributed by atoms with Crippen molar-refractivity contribution in [1.82, 2.24) is 15.6 Å². The summed E-state index contributed by atoms with van der Waals surface area (Å²) < 4.78 is 0. The molecule has 0 fully saturated rings. The normalized spacial score (nSPS) is 13.1. The molecule has 2 heterocycles. The van der Waals surface area contributed by atoms with E-state index in [-0.39, 0.29) is 0 Å². The van der Waals surface area contributed by atoms with Gasteiger partial charge in [0.2, 0.25) is 0 Å². The predicted molar refractivity (Wildman–Crippen MR) is 107 cm³/mol. The highest BCUT2D eigenvalue weighted by atomic mass is 32.1. The molecule has 0 saturated heterocycles. The van der Waals surface area contributed by atoms with Gasteiger partial charge in [0.25, 0.3) is 0 Å². The van der Waals surface area contributed by atoms with E-state index in [2.05, 4.69) is 55.8 Å². The minimum atomic E-state index is 0.453. The monoisotopic (exact) mass is 364 g/mol. The van der Waals surface area contributed by atoms with E-state index in [1.54, 1.807) is 11.3 Å². The van der Waals surface area contributed by atoms with Crippen LogP contribution in [0.5, 0.6) is 0 Å². The lowest BCUT2D eigenvalue weighted by atomic mass is 10.1. The summed E-state index contributed by atoms with van der Waals surface area (Å²) in [6.07, 6.45) is 1.96. The first-order valence-corrected chi connectivity index (χ1v) is 10.3. The fourth-order valence-electron chi connectivity index (χ4n) is 2.44. The molecule has 4 nitrogen and oxygen atoms in total. The molecule has 0 amide bonds. The first-order chi connectivity index (χ1) is 11.6. The van der Waals surface area contributed by atoms with Gasteiger partial charge in [-0.2, -0.15) is 0 Å². The van der Waals surface area contributed by atoms with Gasteiger partial charge in [0.1, 0.15) is 0 Å². The van der Waals surface area contributed by atoms with Crippen LogP contribution in [0.3, 0.4) is 0 Å². The quantitative estimate of drug-likeness (QED) is 0.550. The van der Waals surface area contributed by atoms with Crippen LogP contribution in [-0.2, 0) is 12.8 Å². The predicted octanol–water partition coefficient (Wildman–Crippen LogP) is 3.98. The molecule has 132 valence electrons. The van der Waals surface area contributed by atoms with E-state index in [1.807, 2.05) is 11.3 Å². The second kappa shape index (κ2) is 9.79. The number of aliphatic imine (C=N–C) groups is 1. The first-order valence-electron chi connectivity index (χ1n) is 8.64. The molecule has 2 rings (SSSR count). The van der Waals surface area contributed by atoms with E-state index in [1.165, 1.54) is 20.5 Å². The Morgan fingerprint density at radius 1 is 1.33 bits per heavy atom. The molecule has 2 N–H and O–H groups in total. The summed E-state index contributed by atoms with van der Waals surface area (Å²) in [4.78, 5) is 12.2. The molecular formula is C18H28N4S2. The number of nitrogens with zero attached hydrogens (tertiary/aromatic N) is 2. The third-order valence-electron chi connectivity index (χ3n) is 3.80. The van der Waals surface area contributed by atoms with Crippen molar-refractivity contribution in [3.05, 3.63) is 38.0 Å². The number of aromatic nitrogens is 1. The highest BCUT2D eigenvalue weighted by Gasteiger charge is 2.08. The summed E-state index contributed by atoms with van der Waals surface area (Å²) in [6, 6.07) is 4.28. The van der Waals surface area contributed by atoms with Crippen LogP contribution in [0.15, 0.2) is 22.5 Å². The SMILES string of the molecule is CCNC(=NCC(C)c1cccs1)NCCc1nc(CC)c(C)s1. The van der Waals surface area contributed by atoms with Crippen molar-refractivity contribution in [3.63, 3.8) is 0 Å². The Morgan fingerprint density at radius 3 is 2.79 bits per heavy atom.